The standard InChI is InChI=1S/C15H14FN3O4/c1-9(23-12-7-3-2-6-11(12)16)13(20)18-19-15(22)10-5-4-8-17-14(10)21/h2-9H,1H3,(H,17,21)(H,18,20)(H,19,22). The Hall–Kier alpha value is -3.16. The van der Waals surface area contributed by atoms with E-state index in [0.29, 0.717) is 0 Å². The first-order chi connectivity index (χ1) is 11.0. The molecule has 0 saturated carbocycles. The molecule has 1 atom stereocenters. The Bertz CT molecular complexity index is 775. The summed E-state index contributed by atoms with van der Waals surface area (Å²) in [6.07, 6.45) is 0.323. The van der Waals surface area contributed by atoms with Crippen molar-refractivity contribution >= 4 is 11.8 Å². The Morgan fingerprint density at radius 1 is 1.17 bits per heavy atom. The van der Waals surface area contributed by atoms with Gasteiger partial charge in [0.15, 0.2) is 17.7 Å². The summed E-state index contributed by atoms with van der Waals surface area (Å²) in [7, 11) is 0. The molecule has 0 radical (unpaired) electrons. The first-order valence-corrected chi connectivity index (χ1v) is 6.68. The van der Waals surface area contributed by atoms with Crippen molar-refractivity contribution in [2.45, 2.75) is 13.0 Å². The molecule has 1 heterocycles. The van der Waals surface area contributed by atoms with Gasteiger partial charge in [0.25, 0.3) is 17.4 Å². The molecule has 0 aliphatic heterocycles. The molecular formula is C15H14FN3O4. The van der Waals surface area contributed by atoms with Crippen molar-refractivity contribution in [2.24, 2.45) is 0 Å². The van der Waals surface area contributed by atoms with Gasteiger partial charge >= 0.3 is 0 Å². The van der Waals surface area contributed by atoms with Crippen molar-refractivity contribution < 1.29 is 18.7 Å². The van der Waals surface area contributed by atoms with Crippen molar-refractivity contribution in [1.82, 2.24) is 15.8 Å². The molecule has 120 valence electrons. The lowest BCUT2D eigenvalue weighted by Gasteiger charge is -2.15. The predicted molar refractivity (Wildman–Crippen MR) is 79.2 cm³/mol. The smallest absolute Gasteiger partial charge is 0.279 e. The van der Waals surface area contributed by atoms with Crippen LogP contribution in [-0.2, 0) is 4.79 Å². The van der Waals surface area contributed by atoms with Crippen LogP contribution >= 0.6 is 0 Å². The van der Waals surface area contributed by atoms with Crippen molar-refractivity contribution in [2.75, 3.05) is 0 Å². The number of carbonyl (C=O) groups is 2. The minimum absolute atomic E-state index is 0.0824. The summed E-state index contributed by atoms with van der Waals surface area (Å²) < 4.78 is 18.6. The van der Waals surface area contributed by atoms with Gasteiger partial charge in [-0.3, -0.25) is 25.2 Å². The summed E-state index contributed by atoms with van der Waals surface area (Å²) in [5.41, 5.74) is 3.45. The van der Waals surface area contributed by atoms with Crippen LogP contribution in [0.15, 0.2) is 47.4 Å². The SMILES string of the molecule is CC(Oc1ccccc1F)C(=O)NNC(=O)c1ccc[nH]c1=O. The predicted octanol–water partition coefficient (Wildman–Crippen LogP) is 0.743. The van der Waals surface area contributed by atoms with Crippen LogP contribution < -0.4 is 21.1 Å². The van der Waals surface area contributed by atoms with Gasteiger partial charge in [-0.15, -0.1) is 0 Å². The van der Waals surface area contributed by atoms with Gasteiger partial charge in [0.1, 0.15) is 5.56 Å². The highest BCUT2D eigenvalue weighted by Gasteiger charge is 2.18. The van der Waals surface area contributed by atoms with Crippen LogP contribution in [0.5, 0.6) is 5.75 Å². The van der Waals surface area contributed by atoms with Crippen LogP contribution in [0.2, 0.25) is 0 Å². The van der Waals surface area contributed by atoms with Crippen LogP contribution in [0, 0.1) is 5.82 Å². The molecule has 1 aromatic carbocycles. The highest BCUT2D eigenvalue weighted by atomic mass is 19.1. The molecule has 0 fully saturated rings. The summed E-state index contributed by atoms with van der Waals surface area (Å²) >= 11 is 0. The van der Waals surface area contributed by atoms with E-state index in [0.717, 1.165) is 0 Å². The number of aromatic nitrogens is 1. The molecule has 3 N–H and O–H groups in total. The number of pyridine rings is 1. The fraction of sp³-hybridized carbons (Fsp3) is 0.133. The lowest BCUT2D eigenvalue weighted by atomic mass is 10.3. The second-order valence-corrected chi connectivity index (χ2v) is 4.55. The number of hydrogen-bond donors (Lipinski definition) is 3. The van der Waals surface area contributed by atoms with Crippen molar-refractivity contribution in [3.05, 3.63) is 64.3 Å². The summed E-state index contributed by atoms with van der Waals surface area (Å²) in [4.78, 5) is 37.3. The number of hydrazine groups is 1. The third kappa shape index (κ3) is 4.16. The molecule has 0 spiro atoms. The molecule has 0 aliphatic carbocycles. The van der Waals surface area contributed by atoms with Gasteiger partial charge in [-0.25, -0.2) is 4.39 Å². The minimum atomic E-state index is -1.05. The fourth-order valence-electron chi connectivity index (χ4n) is 1.67. The molecule has 2 amide bonds. The molecule has 0 aliphatic rings. The first kappa shape index (κ1) is 16.2. The molecule has 8 heteroatoms. The zero-order valence-electron chi connectivity index (χ0n) is 12.1. The highest BCUT2D eigenvalue weighted by molar-refractivity contribution is 5.95. The Morgan fingerprint density at radius 3 is 2.61 bits per heavy atom. The molecule has 23 heavy (non-hydrogen) atoms. The number of amides is 2. The summed E-state index contributed by atoms with van der Waals surface area (Å²) in [5, 5.41) is 0. The maximum atomic E-state index is 13.4. The van der Waals surface area contributed by atoms with E-state index in [2.05, 4.69) is 15.8 Å². The van der Waals surface area contributed by atoms with E-state index in [9.17, 15) is 18.8 Å². The monoisotopic (exact) mass is 319 g/mol. The number of halogens is 1. The summed E-state index contributed by atoms with van der Waals surface area (Å²) in [6, 6.07) is 8.41. The molecule has 1 unspecified atom stereocenters. The van der Waals surface area contributed by atoms with Crippen LogP contribution in [0.1, 0.15) is 17.3 Å². The molecule has 0 bridgehead atoms. The van der Waals surface area contributed by atoms with Gasteiger partial charge in [0.05, 0.1) is 0 Å². The number of nitrogens with one attached hydrogen (secondary N) is 3. The number of hydrogen-bond acceptors (Lipinski definition) is 4. The maximum Gasteiger partial charge on any atom is 0.279 e. The van der Waals surface area contributed by atoms with E-state index in [1.165, 1.54) is 43.5 Å². The second kappa shape index (κ2) is 7.21. The van der Waals surface area contributed by atoms with Crippen LogP contribution in [0.4, 0.5) is 4.39 Å². The molecule has 1 aromatic heterocycles. The van der Waals surface area contributed by atoms with Gasteiger partial charge < -0.3 is 9.72 Å². The third-order valence-corrected chi connectivity index (χ3v) is 2.87. The number of carbonyl (C=O) groups excluding carboxylic acids is 2. The zero-order valence-corrected chi connectivity index (χ0v) is 12.1. The first-order valence-electron chi connectivity index (χ1n) is 6.68. The average molecular weight is 319 g/mol. The van der Waals surface area contributed by atoms with Crippen molar-refractivity contribution in [3.63, 3.8) is 0 Å². The molecular weight excluding hydrogens is 305 g/mol. The summed E-state index contributed by atoms with van der Waals surface area (Å²) in [6.45, 7) is 1.39. The minimum Gasteiger partial charge on any atom is -0.478 e. The normalized spacial score (nSPS) is 11.4. The number of aromatic amines is 1. The Balaban J connectivity index is 1.92. The van der Waals surface area contributed by atoms with Gasteiger partial charge in [-0.1, -0.05) is 12.1 Å². The van der Waals surface area contributed by atoms with Crippen LogP contribution in [0.3, 0.4) is 0 Å². The molecule has 7 nitrogen and oxygen atoms in total. The molecule has 2 aromatic rings. The van der Waals surface area contributed by atoms with Crippen LogP contribution in [0.25, 0.3) is 0 Å². The number of H-pyrrole nitrogens is 1. The fourth-order valence-corrected chi connectivity index (χ4v) is 1.67. The lowest BCUT2D eigenvalue weighted by Crippen LogP contribution is -2.48. The van der Waals surface area contributed by atoms with E-state index < -0.39 is 29.3 Å². The van der Waals surface area contributed by atoms with E-state index >= 15 is 0 Å². The third-order valence-electron chi connectivity index (χ3n) is 2.87. The number of rotatable bonds is 4. The van der Waals surface area contributed by atoms with Gasteiger partial charge in [0.2, 0.25) is 0 Å². The van der Waals surface area contributed by atoms with Gasteiger partial charge in [0, 0.05) is 6.20 Å². The highest BCUT2D eigenvalue weighted by Crippen LogP contribution is 2.16. The number of para-hydroxylation sites is 1. The maximum absolute atomic E-state index is 13.4. The Labute approximate surface area is 130 Å². The average Bonchev–Trinajstić information content (AvgIpc) is 2.54. The Kier molecular flexibility index (Phi) is 5.08. The van der Waals surface area contributed by atoms with Crippen molar-refractivity contribution in [3.8, 4) is 5.75 Å². The van der Waals surface area contributed by atoms with E-state index in [-0.39, 0.29) is 11.3 Å². The molecule has 0 saturated heterocycles. The number of ether oxygens (including phenoxy) is 1. The van der Waals surface area contributed by atoms with E-state index in [4.69, 9.17) is 4.74 Å². The Morgan fingerprint density at radius 2 is 1.91 bits per heavy atom. The van der Waals surface area contributed by atoms with Gasteiger partial charge in [-0.2, -0.15) is 0 Å². The number of benzene rings is 1. The van der Waals surface area contributed by atoms with Crippen LogP contribution in [-0.4, -0.2) is 22.9 Å². The van der Waals surface area contributed by atoms with Gasteiger partial charge in [-0.05, 0) is 31.2 Å². The van der Waals surface area contributed by atoms with E-state index in [1.54, 1.807) is 6.07 Å². The summed E-state index contributed by atoms with van der Waals surface area (Å²) in [5.74, 6) is -2.17. The largest absolute Gasteiger partial charge is 0.478 e. The zero-order chi connectivity index (χ0) is 16.8. The lowest BCUT2D eigenvalue weighted by molar-refractivity contribution is -0.128. The quantitative estimate of drug-likeness (QED) is 0.724. The van der Waals surface area contributed by atoms with E-state index in [1.807, 2.05) is 0 Å². The van der Waals surface area contributed by atoms with Crippen molar-refractivity contribution in [1.29, 1.82) is 0 Å². The molecule has 2 rings (SSSR count). The topological polar surface area (TPSA) is 100 Å². The second-order valence-electron chi connectivity index (χ2n) is 4.55.